The van der Waals surface area contributed by atoms with Crippen LogP contribution in [0.4, 0.5) is 18.9 Å². The van der Waals surface area contributed by atoms with E-state index >= 15 is 0 Å². The topological polar surface area (TPSA) is 107 Å². The number of alkyl halides is 3. The van der Waals surface area contributed by atoms with E-state index in [1.807, 2.05) is 30.3 Å². The quantitative estimate of drug-likeness (QED) is 0.537. The molecule has 5 N–H and O–H groups in total. The third-order valence-corrected chi connectivity index (χ3v) is 4.35. The number of benzene rings is 2. The number of carbonyl (C=O) groups excluding carboxylic acids is 2. The highest BCUT2D eigenvalue weighted by Gasteiger charge is 2.30. The van der Waals surface area contributed by atoms with E-state index in [0.29, 0.717) is 6.42 Å². The van der Waals surface area contributed by atoms with Crippen LogP contribution in [0.5, 0.6) is 0 Å². The molecule has 2 rings (SSSR count). The molecule has 2 atom stereocenters. The van der Waals surface area contributed by atoms with Gasteiger partial charge in [0.2, 0.25) is 5.91 Å². The highest BCUT2D eigenvalue weighted by Crippen LogP contribution is 2.30. The van der Waals surface area contributed by atoms with Crippen molar-refractivity contribution in [3.63, 3.8) is 0 Å². The molecular formula is C21H24F3N3O3. The molecule has 162 valence electrons. The number of nitrogens with one attached hydrogen (secondary N) is 1. The summed E-state index contributed by atoms with van der Waals surface area (Å²) >= 11 is 0. The summed E-state index contributed by atoms with van der Waals surface area (Å²) in [7, 11) is 0. The maximum absolute atomic E-state index is 12.7. The number of esters is 1. The zero-order valence-electron chi connectivity index (χ0n) is 16.2. The van der Waals surface area contributed by atoms with E-state index in [1.54, 1.807) is 0 Å². The monoisotopic (exact) mass is 423 g/mol. The van der Waals surface area contributed by atoms with E-state index < -0.39 is 35.7 Å². The largest absolute Gasteiger partial charge is 0.460 e. The number of anilines is 1. The van der Waals surface area contributed by atoms with E-state index in [0.717, 1.165) is 17.7 Å². The SMILES string of the molecule is NC(CCC[C@H](N)C(=O)Nc1cccc(C(F)(F)F)c1)C(=O)OCc1ccccc1. The summed E-state index contributed by atoms with van der Waals surface area (Å²) in [5, 5.41) is 2.37. The second-order valence-electron chi connectivity index (χ2n) is 6.81. The Hall–Kier alpha value is -2.91. The fraction of sp³-hybridized carbons (Fsp3) is 0.333. The molecule has 2 aromatic carbocycles. The molecule has 9 heteroatoms. The lowest BCUT2D eigenvalue weighted by Gasteiger charge is -2.15. The van der Waals surface area contributed by atoms with Gasteiger partial charge < -0.3 is 21.5 Å². The lowest BCUT2D eigenvalue weighted by atomic mass is 10.1. The molecule has 0 aromatic heterocycles. The Bertz CT molecular complexity index is 844. The van der Waals surface area contributed by atoms with Crippen LogP contribution in [0.25, 0.3) is 0 Å². The molecule has 0 fully saturated rings. The lowest BCUT2D eigenvalue weighted by molar-refractivity contribution is -0.146. The normalized spacial score (nSPS) is 13.4. The van der Waals surface area contributed by atoms with Crippen LogP contribution in [0.3, 0.4) is 0 Å². The second-order valence-corrected chi connectivity index (χ2v) is 6.81. The van der Waals surface area contributed by atoms with Crippen molar-refractivity contribution in [2.45, 2.75) is 44.1 Å². The number of amides is 1. The Morgan fingerprint density at radius 1 is 0.967 bits per heavy atom. The van der Waals surface area contributed by atoms with Gasteiger partial charge in [-0.3, -0.25) is 9.59 Å². The first-order valence-electron chi connectivity index (χ1n) is 9.36. The second kappa shape index (κ2) is 10.7. The molecule has 0 bridgehead atoms. The number of carbonyl (C=O) groups is 2. The van der Waals surface area contributed by atoms with Gasteiger partial charge in [0, 0.05) is 5.69 Å². The molecule has 0 aliphatic carbocycles. The van der Waals surface area contributed by atoms with Crippen molar-refractivity contribution in [2.24, 2.45) is 11.5 Å². The molecule has 0 radical (unpaired) electrons. The molecule has 2 aromatic rings. The van der Waals surface area contributed by atoms with Gasteiger partial charge in [-0.15, -0.1) is 0 Å². The predicted molar refractivity (Wildman–Crippen MR) is 106 cm³/mol. The Kier molecular flexibility index (Phi) is 8.37. The summed E-state index contributed by atoms with van der Waals surface area (Å²) in [5.74, 6) is -1.17. The van der Waals surface area contributed by atoms with Gasteiger partial charge in [0.05, 0.1) is 11.6 Å². The first-order chi connectivity index (χ1) is 14.2. The Morgan fingerprint density at radius 2 is 1.63 bits per heavy atom. The number of hydrogen-bond acceptors (Lipinski definition) is 5. The van der Waals surface area contributed by atoms with Gasteiger partial charge >= 0.3 is 12.1 Å². The van der Waals surface area contributed by atoms with E-state index in [2.05, 4.69) is 5.32 Å². The average Bonchev–Trinajstić information content (AvgIpc) is 2.72. The molecule has 0 aliphatic heterocycles. The fourth-order valence-electron chi connectivity index (χ4n) is 2.65. The van der Waals surface area contributed by atoms with Crippen molar-refractivity contribution < 1.29 is 27.5 Å². The minimum absolute atomic E-state index is 0.00599. The zero-order chi connectivity index (χ0) is 22.1. The van der Waals surface area contributed by atoms with Crippen molar-refractivity contribution in [3.8, 4) is 0 Å². The van der Waals surface area contributed by atoms with Crippen molar-refractivity contribution in [2.75, 3.05) is 5.32 Å². The van der Waals surface area contributed by atoms with Crippen molar-refractivity contribution in [1.29, 1.82) is 0 Å². The Labute approximate surface area is 172 Å². The minimum Gasteiger partial charge on any atom is -0.460 e. The first-order valence-corrected chi connectivity index (χ1v) is 9.36. The highest BCUT2D eigenvalue weighted by atomic mass is 19.4. The maximum Gasteiger partial charge on any atom is 0.416 e. The molecule has 0 saturated carbocycles. The van der Waals surface area contributed by atoms with E-state index in [4.69, 9.17) is 16.2 Å². The third-order valence-electron chi connectivity index (χ3n) is 4.35. The molecule has 30 heavy (non-hydrogen) atoms. The molecule has 0 aliphatic rings. The number of ether oxygens (including phenoxy) is 1. The summed E-state index contributed by atoms with van der Waals surface area (Å²) in [6.07, 6.45) is -3.66. The minimum atomic E-state index is -4.51. The number of nitrogens with two attached hydrogens (primary N) is 2. The standard InChI is InChI=1S/C21H24F3N3O3/c22-21(23,24)15-8-4-9-16(12-15)27-19(28)17(25)10-5-11-18(26)20(29)30-13-14-6-2-1-3-7-14/h1-4,6-9,12,17-18H,5,10-11,13,25-26H2,(H,27,28)/t17-,18?/m0/s1. The van der Waals surface area contributed by atoms with Gasteiger partial charge in [0.1, 0.15) is 12.6 Å². The van der Waals surface area contributed by atoms with Crippen LogP contribution < -0.4 is 16.8 Å². The van der Waals surface area contributed by atoms with Gasteiger partial charge in [0.25, 0.3) is 0 Å². The van der Waals surface area contributed by atoms with Crippen LogP contribution in [-0.4, -0.2) is 24.0 Å². The summed E-state index contributed by atoms with van der Waals surface area (Å²) in [6, 6.07) is 11.6. The third kappa shape index (κ3) is 7.49. The molecule has 1 unspecified atom stereocenters. The Morgan fingerprint density at radius 3 is 2.30 bits per heavy atom. The first kappa shape index (κ1) is 23.4. The summed E-state index contributed by atoms with van der Waals surface area (Å²) in [6.45, 7) is 0.117. The lowest BCUT2D eigenvalue weighted by Crippen LogP contribution is -2.37. The summed E-state index contributed by atoms with van der Waals surface area (Å²) in [5.41, 5.74) is 11.6. The van der Waals surface area contributed by atoms with E-state index in [9.17, 15) is 22.8 Å². The number of rotatable bonds is 9. The average molecular weight is 423 g/mol. The van der Waals surface area contributed by atoms with Crippen LogP contribution in [-0.2, 0) is 27.1 Å². The highest BCUT2D eigenvalue weighted by molar-refractivity contribution is 5.94. The van der Waals surface area contributed by atoms with Gasteiger partial charge in [-0.25, -0.2) is 0 Å². The van der Waals surface area contributed by atoms with Crippen LogP contribution in [0.1, 0.15) is 30.4 Å². The summed E-state index contributed by atoms with van der Waals surface area (Å²) in [4.78, 5) is 24.0. The van der Waals surface area contributed by atoms with Gasteiger partial charge in [0.15, 0.2) is 0 Å². The van der Waals surface area contributed by atoms with Gasteiger partial charge in [-0.1, -0.05) is 36.4 Å². The molecule has 0 heterocycles. The van der Waals surface area contributed by atoms with E-state index in [-0.39, 0.29) is 25.1 Å². The summed E-state index contributed by atoms with van der Waals surface area (Å²) < 4.78 is 43.4. The van der Waals surface area contributed by atoms with Crippen molar-refractivity contribution >= 4 is 17.6 Å². The zero-order valence-corrected chi connectivity index (χ0v) is 16.2. The molecule has 1 amide bonds. The molecule has 6 nitrogen and oxygen atoms in total. The van der Waals surface area contributed by atoms with Crippen LogP contribution >= 0.6 is 0 Å². The predicted octanol–water partition coefficient (Wildman–Crippen LogP) is 3.21. The molecule has 0 spiro atoms. The van der Waals surface area contributed by atoms with Gasteiger partial charge in [-0.2, -0.15) is 13.2 Å². The smallest absolute Gasteiger partial charge is 0.416 e. The van der Waals surface area contributed by atoms with Crippen molar-refractivity contribution in [1.82, 2.24) is 0 Å². The fourth-order valence-corrected chi connectivity index (χ4v) is 2.65. The molecule has 0 saturated heterocycles. The number of hydrogen-bond donors (Lipinski definition) is 3. The Balaban J connectivity index is 1.73. The van der Waals surface area contributed by atoms with Crippen LogP contribution in [0.15, 0.2) is 54.6 Å². The van der Waals surface area contributed by atoms with Crippen LogP contribution in [0, 0.1) is 0 Å². The van der Waals surface area contributed by atoms with Crippen LogP contribution in [0.2, 0.25) is 0 Å². The number of halogens is 3. The van der Waals surface area contributed by atoms with Crippen molar-refractivity contribution in [3.05, 3.63) is 65.7 Å². The van der Waals surface area contributed by atoms with Gasteiger partial charge in [-0.05, 0) is 43.0 Å². The van der Waals surface area contributed by atoms with E-state index in [1.165, 1.54) is 12.1 Å². The molecular weight excluding hydrogens is 399 g/mol. The maximum atomic E-state index is 12.7.